The van der Waals surface area contributed by atoms with E-state index in [0.717, 1.165) is 55.6 Å². The molecule has 5 rings (SSSR count). The van der Waals surface area contributed by atoms with E-state index >= 15 is 0 Å². The lowest BCUT2D eigenvalue weighted by atomic mass is 9.80. The molecule has 36 heavy (non-hydrogen) atoms. The first kappa shape index (κ1) is 24.7. The minimum Gasteiger partial charge on any atom is -0.381 e. The van der Waals surface area contributed by atoms with Gasteiger partial charge in [0, 0.05) is 31.7 Å². The number of nitrogens with zero attached hydrogens (tertiary/aromatic N) is 2. The number of nitrogens with one attached hydrogen (secondary N) is 1. The molecule has 3 heterocycles. The average molecular weight is 517 g/mol. The number of ether oxygens (including phenoxy) is 1. The van der Waals surface area contributed by atoms with Crippen molar-refractivity contribution < 1.29 is 22.7 Å². The summed E-state index contributed by atoms with van der Waals surface area (Å²) in [6.45, 7) is 5.41. The highest BCUT2D eigenvalue weighted by atomic mass is 32.1. The van der Waals surface area contributed by atoms with E-state index in [4.69, 9.17) is 10.5 Å². The first-order chi connectivity index (χ1) is 17.2. The van der Waals surface area contributed by atoms with Gasteiger partial charge in [0.1, 0.15) is 4.88 Å². The third-order valence-corrected chi connectivity index (χ3v) is 8.01. The molecule has 0 unspecified atom stereocenters. The van der Waals surface area contributed by atoms with Crippen LogP contribution in [0.2, 0.25) is 0 Å². The number of carbonyl (C=O) groups is 1. The number of hydrogen-bond acceptors (Lipinski definition) is 6. The Morgan fingerprint density at radius 2 is 2.00 bits per heavy atom. The van der Waals surface area contributed by atoms with Crippen molar-refractivity contribution in [3.05, 3.63) is 70.2 Å². The summed E-state index contributed by atoms with van der Waals surface area (Å²) in [6, 6.07) is 10.4. The molecule has 2 fully saturated rings. The fraction of sp³-hybridized carbons (Fsp3) is 0.385. The second-order valence-electron chi connectivity index (χ2n) is 9.56. The normalized spacial score (nSPS) is 17.8. The molecule has 2 saturated heterocycles. The summed E-state index contributed by atoms with van der Waals surface area (Å²) in [5.74, 6) is -0.210. The Labute approximate surface area is 211 Å². The van der Waals surface area contributed by atoms with Crippen molar-refractivity contribution in [1.29, 1.82) is 0 Å². The van der Waals surface area contributed by atoms with Crippen LogP contribution in [0.1, 0.15) is 45.7 Å². The number of halogens is 3. The van der Waals surface area contributed by atoms with E-state index in [-0.39, 0.29) is 23.9 Å². The third-order valence-electron chi connectivity index (χ3n) is 6.95. The number of anilines is 1. The zero-order valence-electron chi connectivity index (χ0n) is 19.8. The number of benzene rings is 2. The summed E-state index contributed by atoms with van der Waals surface area (Å²) in [7, 11) is 0. The van der Waals surface area contributed by atoms with E-state index in [0.29, 0.717) is 21.6 Å². The van der Waals surface area contributed by atoms with Crippen LogP contribution in [0, 0.1) is 5.41 Å². The molecule has 1 amide bonds. The molecule has 10 heteroatoms. The number of nitrogens with two attached hydrogens (primary N) is 1. The second kappa shape index (κ2) is 9.49. The molecule has 0 aliphatic carbocycles. The van der Waals surface area contributed by atoms with Crippen molar-refractivity contribution in [2.45, 2.75) is 32.1 Å². The molecule has 0 bridgehead atoms. The van der Waals surface area contributed by atoms with E-state index in [1.807, 2.05) is 19.1 Å². The van der Waals surface area contributed by atoms with Crippen LogP contribution in [0.3, 0.4) is 0 Å². The summed E-state index contributed by atoms with van der Waals surface area (Å²) in [4.78, 5) is 20.0. The lowest BCUT2D eigenvalue weighted by Crippen LogP contribution is -2.56. The predicted molar refractivity (Wildman–Crippen MR) is 133 cm³/mol. The minimum absolute atomic E-state index is 0.130. The van der Waals surface area contributed by atoms with Crippen LogP contribution < -0.4 is 16.0 Å². The second-order valence-corrected chi connectivity index (χ2v) is 10.6. The van der Waals surface area contributed by atoms with Crippen LogP contribution in [0.5, 0.6) is 0 Å². The highest BCUT2D eigenvalue weighted by Gasteiger charge is 2.46. The summed E-state index contributed by atoms with van der Waals surface area (Å²) in [5.41, 5.74) is 7.84. The quantitative estimate of drug-likeness (QED) is 0.482. The fourth-order valence-corrected chi connectivity index (χ4v) is 5.63. The molecule has 6 nitrogen and oxygen atoms in total. The molecule has 2 aliphatic rings. The van der Waals surface area contributed by atoms with Gasteiger partial charge < -0.3 is 20.7 Å². The standard InChI is InChI=1S/C26H27F3N4O2S/c1-16(32-23(34)22-12-31-24(36-22)33-13-25(14-33)8-9-35-15-25)17-2-4-18(5-3-17)21-10-20(26(27,28)29)7-6-19(21)11-30/h2-7,10,12,16H,8-9,11,13-15,30H2,1H3,(H,32,34)/t16-/m1/s1. The van der Waals surface area contributed by atoms with Gasteiger partial charge in [0.05, 0.1) is 24.4 Å². The zero-order valence-corrected chi connectivity index (χ0v) is 20.6. The maximum atomic E-state index is 13.2. The van der Waals surface area contributed by atoms with Crippen LogP contribution in [0.25, 0.3) is 11.1 Å². The lowest BCUT2D eigenvalue weighted by molar-refractivity contribution is -0.137. The number of rotatable bonds is 6. The third kappa shape index (κ3) is 4.85. The van der Waals surface area contributed by atoms with Crippen molar-refractivity contribution >= 4 is 22.4 Å². The van der Waals surface area contributed by atoms with Gasteiger partial charge in [-0.2, -0.15) is 13.2 Å². The summed E-state index contributed by atoms with van der Waals surface area (Å²) >= 11 is 1.37. The van der Waals surface area contributed by atoms with Crippen LogP contribution >= 0.6 is 11.3 Å². The SMILES string of the molecule is C[C@@H](NC(=O)c1cnc(N2CC3(CCOC3)C2)s1)c1ccc(-c2cc(C(F)(F)F)ccc2CN)cc1. The molecule has 0 radical (unpaired) electrons. The number of carbonyl (C=O) groups excluding carboxylic acids is 1. The fourth-order valence-electron chi connectivity index (χ4n) is 4.82. The molecule has 1 spiro atoms. The molecule has 0 saturated carbocycles. The highest BCUT2D eigenvalue weighted by Crippen LogP contribution is 2.42. The van der Waals surface area contributed by atoms with Crippen LogP contribution in [-0.4, -0.2) is 37.2 Å². The first-order valence-corrected chi connectivity index (χ1v) is 12.6. The number of alkyl halides is 3. The topological polar surface area (TPSA) is 80.5 Å². The van der Waals surface area contributed by atoms with E-state index in [2.05, 4.69) is 15.2 Å². The van der Waals surface area contributed by atoms with Crippen molar-refractivity contribution in [2.24, 2.45) is 11.1 Å². The van der Waals surface area contributed by atoms with Crippen molar-refractivity contribution in [1.82, 2.24) is 10.3 Å². The van der Waals surface area contributed by atoms with Crippen molar-refractivity contribution in [2.75, 3.05) is 31.2 Å². The first-order valence-electron chi connectivity index (χ1n) is 11.8. The van der Waals surface area contributed by atoms with E-state index in [9.17, 15) is 18.0 Å². The molecule has 190 valence electrons. The molecule has 2 aliphatic heterocycles. The van der Waals surface area contributed by atoms with Gasteiger partial charge in [0.2, 0.25) is 0 Å². The van der Waals surface area contributed by atoms with E-state index in [1.165, 1.54) is 17.4 Å². The van der Waals surface area contributed by atoms with Gasteiger partial charge >= 0.3 is 6.18 Å². The minimum atomic E-state index is -4.43. The van der Waals surface area contributed by atoms with Crippen LogP contribution in [-0.2, 0) is 17.5 Å². The molecular weight excluding hydrogens is 489 g/mol. The Morgan fingerprint density at radius 1 is 1.25 bits per heavy atom. The molecule has 1 atom stereocenters. The molecular formula is C26H27F3N4O2S. The monoisotopic (exact) mass is 516 g/mol. The smallest absolute Gasteiger partial charge is 0.381 e. The van der Waals surface area contributed by atoms with E-state index in [1.54, 1.807) is 18.3 Å². The lowest BCUT2D eigenvalue weighted by Gasteiger charge is -2.47. The van der Waals surface area contributed by atoms with Gasteiger partial charge in [-0.1, -0.05) is 41.7 Å². The van der Waals surface area contributed by atoms with Gasteiger partial charge in [-0.3, -0.25) is 4.79 Å². The van der Waals surface area contributed by atoms with Gasteiger partial charge in [0.25, 0.3) is 5.91 Å². The number of thiazole rings is 1. The number of hydrogen-bond donors (Lipinski definition) is 2. The molecule has 2 aromatic carbocycles. The molecule has 3 aromatic rings. The Kier molecular flexibility index (Phi) is 6.52. The maximum absolute atomic E-state index is 13.2. The Morgan fingerprint density at radius 3 is 2.64 bits per heavy atom. The molecule has 3 N–H and O–H groups in total. The van der Waals surface area contributed by atoms with Gasteiger partial charge in [0.15, 0.2) is 5.13 Å². The Hall–Kier alpha value is -2.95. The van der Waals surface area contributed by atoms with E-state index < -0.39 is 11.7 Å². The van der Waals surface area contributed by atoms with Gasteiger partial charge in [-0.15, -0.1) is 0 Å². The number of amides is 1. The molecule has 1 aromatic heterocycles. The number of aromatic nitrogens is 1. The van der Waals surface area contributed by atoms with Crippen LogP contribution in [0.4, 0.5) is 18.3 Å². The maximum Gasteiger partial charge on any atom is 0.416 e. The summed E-state index contributed by atoms with van der Waals surface area (Å²) < 4.78 is 45.1. The largest absolute Gasteiger partial charge is 0.416 e. The van der Waals surface area contributed by atoms with Crippen molar-refractivity contribution in [3.63, 3.8) is 0 Å². The predicted octanol–water partition coefficient (Wildman–Crippen LogP) is 5.01. The van der Waals surface area contributed by atoms with Crippen LogP contribution in [0.15, 0.2) is 48.7 Å². The summed E-state index contributed by atoms with van der Waals surface area (Å²) in [6.07, 6.45) is -1.76. The highest BCUT2D eigenvalue weighted by molar-refractivity contribution is 7.17. The zero-order chi connectivity index (χ0) is 25.5. The Bertz CT molecular complexity index is 1240. The van der Waals surface area contributed by atoms with Gasteiger partial charge in [-0.05, 0) is 47.7 Å². The summed E-state index contributed by atoms with van der Waals surface area (Å²) in [5, 5.41) is 3.82. The Balaban J connectivity index is 1.24. The van der Waals surface area contributed by atoms with Gasteiger partial charge in [-0.25, -0.2) is 4.98 Å². The van der Waals surface area contributed by atoms with Crippen molar-refractivity contribution in [3.8, 4) is 11.1 Å². The average Bonchev–Trinajstić information content (AvgIpc) is 3.52.